The number of nitrogens with two attached hydrogens (primary N) is 1. The van der Waals surface area contributed by atoms with Crippen molar-refractivity contribution in [1.82, 2.24) is 9.80 Å². The third-order valence-electron chi connectivity index (χ3n) is 5.23. The lowest BCUT2D eigenvalue weighted by Crippen LogP contribution is -2.49. The van der Waals surface area contributed by atoms with Crippen LogP contribution in [0.3, 0.4) is 0 Å². The van der Waals surface area contributed by atoms with E-state index in [2.05, 4.69) is 17.9 Å². The topological polar surface area (TPSA) is 49.6 Å². The number of para-hydroxylation sites is 1. The highest BCUT2D eigenvalue weighted by Crippen LogP contribution is 2.27. The first-order chi connectivity index (χ1) is 12.6. The number of piperazine rings is 1. The number of halogens is 1. The molecule has 2 aromatic rings. The summed E-state index contributed by atoms with van der Waals surface area (Å²) in [5.41, 5.74) is 8.92. The van der Waals surface area contributed by atoms with Gasteiger partial charge in [-0.25, -0.2) is 0 Å². The van der Waals surface area contributed by atoms with Gasteiger partial charge in [-0.05, 0) is 36.6 Å². The van der Waals surface area contributed by atoms with Gasteiger partial charge in [0.25, 0.3) is 0 Å². The van der Waals surface area contributed by atoms with Crippen molar-refractivity contribution in [2.75, 3.05) is 31.9 Å². The van der Waals surface area contributed by atoms with Crippen LogP contribution in [-0.4, -0.2) is 41.9 Å². The fourth-order valence-corrected chi connectivity index (χ4v) is 3.82. The van der Waals surface area contributed by atoms with E-state index in [1.54, 1.807) is 0 Å². The highest BCUT2D eigenvalue weighted by molar-refractivity contribution is 6.31. The van der Waals surface area contributed by atoms with Gasteiger partial charge in [0.05, 0.1) is 0 Å². The Kier molecular flexibility index (Phi) is 6.17. The van der Waals surface area contributed by atoms with Crippen LogP contribution in [0.1, 0.15) is 30.5 Å². The second-order valence-corrected chi connectivity index (χ2v) is 7.22. The third-order valence-corrected chi connectivity index (χ3v) is 5.58. The van der Waals surface area contributed by atoms with Crippen LogP contribution in [0, 0.1) is 0 Å². The van der Waals surface area contributed by atoms with Crippen LogP contribution in [0.25, 0.3) is 0 Å². The number of benzene rings is 2. The van der Waals surface area contributed by atoms with E-state index in [4.69, 9.17) is 17.3 Å². The normalized spacial score (nSPS) is 16.5. The highest BCUT2D eigenvalue weighted by atomic mass is 35.5. The van der Waals surface area contributed by atoms with Crippen molar-refractivity contribution in [2.45, 2.75) is 25.8 Å². The van der Waals surface area contributed by atoms with Gasteiger partial charge in [0.2, 0.25) is 5.91 Å². The van der Waals surface area contributed by atoms with E-state index >= 15 is 0 Å². The van der Waals surface area contributed by atoms with Gasteiger partial charge in [-0.15, -0.1) is 0 Å². The lowest BCUT2D eigenvalue weighted by atomic mass is 10.1. The van der Waals surface area contributed by atoms with Gasteiger partial charge in [0.15, 0.2) is 0 Å². The molecule has 1 heterocycles. The predicted molar refractivity (Wildman–Crippen MR) is 107 cm³/mol. The summed E-state index contributed by atoms with van der Waals surface area (Å²) in [7, 11) is 0. The maximum atomic E-state index is 12.5. The van der Waals surface area contributed by atoms with Crippen molar-refractivity contribution in [2.24, 2.45) is 0 Å². The van der Waals surface area contributed by atoms with Gasteiger partial charge < -0.3 is 10.6 Å². The molecule has 1 amide bonds. The number of anilines is 1. The van der Waals surface area contributed by atoms with Crippen molar-refractivity contribution in [3.05, 3.63) is 64.7 Å². The first kappa shape index (κ1) is 18.7. The number of carbonyl (C=O) groups is 1. The Hall–Kier alpha value is -2.04. The summed E-state index contributed by atoms with van der Waals surface area (Å²) in [6, 6.07) is 16.0. The molecule has 1 unspecified atom stereocenters. The molecule has 0 saturated carbocycles. The van der Waals surface area contributed by atoms with Crippen molar-refractivity contribution >= 4 is 23.2 Å². The quantitative estimate of drug-likeness (QED) is 0.814. The van der Waals surface area contributed by atoms with Crippen LogP contribution < -0.4 is 5.73 Å². The van der Waals surface area contributed by atoms with Crippen LogP contribution >= 0.6 is 11.6 Å². The van der Waals surface area contributed by atoms with Crippen molar-refractivity contribution in [3.63, 3.8) is 0 Å². The fraction of sp³-hybridized carbons (Fsp3) is 0.381. The number of carbonyl (C=O) groups excluding carboxylic acids is 1. The molecule has 26 heavy (non-hydrogen) atoms. The molecular weight excluding hydrogens is 346 g/mol. The van der Waals surface area contributed by atoms with Crippen LogP contribution in [0.4, 0.5) is 5.69 Å². The number of nitrogens with zero attached hydrogens (tertiary/aromatic N) is 2. The first-order valence-electron chi connectivity index (χ1n) is 9.16. The molecule has 1 atom stereocenters. The molecule has 0 aromatic heterocycles. The molecule has 0 aliphatic carbocycles. The maximum Gasteiger partial charge on any atom is 0.222 e. The van der Waals surface area contributed by atoms with E-state index in [1.165, 1.54) is 0 Å². The first-order valence-corrected chi connectivity index (χ1v) is 9.53. The van der Waals surface area contributed by atoms with Crippen LogP contribution in [0.15, 0.2) is 48.5 Å². The number of aryl methyl sites for hydroxylation is 1. The van der Waals surface area contributed by atoms with E-state index in [9.17, 15) is 4.79 Å². The molecule has 1 aliphatic heterocycles. The number of rotatable bonds is 5. The van der Waals surface area contributed by atoms with E-state index in [0.29, 0.717) is 12.8 Å². The standard InChI is InChI=1S/C21H26ClN3O/c1-16(18-7-3-4-8-19(18)22)24-12-14-25(15-13-24)21(26)11-10-17-6-2-5-9-20(17)23/h2-9,16H,10-15,23H2,1H3. The molecule has 1 aliphatic rings. The lowest BCUT2D eigenvalue weighted by molar-refractivity contribution is -0.133. The Morgan fingerprint density at radius 1 is 1.08 bits per heavy atom. The van der Waals surface area contributed by atoms with E-state index in [1.807, 2.05) is 47.4 Å². The van der Waals surface area contributed by atoms with Gasteiger partial charge in [-0.2, -0.15) is 0 Å². The Balaban J connectivity index is 1.51. The van der Waals surface area contributed by atoms with Gasteiger partial charge >= 0.3 is 0 Å². The Morgan fingerprint density at radius 2 is 1.73 bits per heavy atom. The summed E-state index contributed by atoms with van der Waals surface area (Å²) in [5.74, 6) is 0.207. The largest absolute Gasteiger partial charge is 0.399 e. The highest BCUT2D eigenvalue weighted by Gasteiger charge is 2.25. The number of hydrogen-bond acceptors (Lipinski definition) is 3. The summed E-state index contributed by atoms with van der Waals surface area (Å²) < 4.78 is 0. The van der Waals surface area contributed by atoms with Crippen LogP contribution in [0.5, 0.6) is 0 Å². The second kappa shape index (κ2) is 8.56. The molecular formula is C21H26ClN3O. The molecule has 5 heteroatoms. The Labute approximate surface area is 160 Å². The molecule has 138 valence electrons. The fourth-order valence-electron chi connectivity index (χ4n) is 3.53. The molecule has 2 N–H and O–H groups in total. The number of amides is 1. The summed E-state index contributed by atoms with van der Waals surface area (Å²) >= 11 is 6.33. The molecule has 3 rings (SSSR count). The van der Waals surface area contributed by atoms with E-state index in [0.717, 1.165) is 48.0 Å². The minimum Gasteiger partial charge on any atom is -0.399 e. The zero-order valence-corrected chi connectivity index (χ0v) is 16.0. The Morgan fingerprint density at radius 3 is 2.42 bits per heavy atom. The number of hydrogen-bond donors (Lipinski definition) is 1. The Bertz CT molecular complexity index is 756. The van der Waals surface area contributed by atoms with E-state index < -0.39 is 0 Å². The summed E-state index contributed by atoms with van der Waals surface area (Å²) in [4.78, 5) is 16.9. The van der Waals surface area contributed by atoms with Crippen LogP contribution in [-0.2, 0) is 11.2 Å². The van der Waals surface area contributed by atoms with Gasteiger partial charge in [-0.1, -0.05) is 48.0 Å². The average molecular weight is 372 g/mol. The molecule has 1 fully saturated rings. The van der Waals surface area contributed by atoms with E-state index in [-0.39, 0.29) is 11.9 Å². The summed E-state index contributed by atoms with van der Waals surface area (Å²) in [6.45, 7) is 5.43. The minimum atomic E-state index is 0.207. The molecule has 4 nitrogen and oxygen atoms in total. The number of nitrogen functional groups attached to an aromatic ring is 1. The van der Waals surface area contributed by atoms with Crippen LogP contribution in [0.2, 0.25) is 5.02 Å². The summed E-state index contributed by atoms with van der Waals surface area (Å²) in [6.07, 6.45) is 1.20. The van der Waals surface area contributed by atoms with Gasteiger partial charge in [-0.3, -0.25) is 9.69 Å². The maximum absolute atomic E-state index is 12.5. The SMILES string of the molecule is CC(c1ccccc1Cl)N1CCN(C(=O)CCc2ccccc2N)CC1. The molecule has 1 saturated heterocycles. The lowest BCUT2D eigenvalue weighted by Gasteiger charge is -2.38. The van der Waals surface area contributed by atoms with Crippen molar-refractivity contribution in [1.29, 1.82) is 0 Å². The second-order valence-electron chi connectivity index (χ2n) is 6.81. The van der Waals surface area contributed by atoms with Crippen molar-refractivity contribution < 1.29 is 4.79 Å². The monoisotopic (exact) mass is 371 g/mol. The minimum absolute atomic E-state index is 0.207. The predicted octanol–water partition coefficient (Wildman–Crippen LogP) is 3.76. The van der Waals surface area contributed by atoms with Gasteiger partial charge in [0.1, 0.15) is 0 Å². The smallest absolute Gasteiger partial charge is 0.222 e. The average Bonchev–Trinajstić information content (AvgIpc) is 2.67. The van der Waals surface area contributed by atoms with Gasteiger partial charge in [0, 0.05) is 49.4 Å². The zero-order valence-electron chi connectivity index (χ0n) is 15.2. The molecule has 2 aromatic carbocycles. The third kappa shape index (κ3) is 4.37. The molecule has 0 radical (unpaired) electrons. The summed E-state index contributed by atoms with van der Waals surface area (Å²) in [5, 5.41) is 0.805. The molecule has 0 bridgehead atoms. The molecule has 0 spiro atoms. The van der Waals surface area contributed by atoms with Crippen molar-refractivity contribution in [3.8, 4) is 0 Å². The zero-order chi connectivity index (χ0) is 18.5.